The van der Waals surface area contributed by atoms with Gasteiger partial charge in [-0.3, -0.25) is 4.79 Å². The quantitative estimate of drug-likeness (QED) is 0.645. The number of ketones is 1. The predicted octanol–water partition coefficient (Wildman–Crippen LogP) is 2.31. The number of carbonyl (C=O) groups excluding carboxylic acids is 1. The Morgan fingerprint density at radius 2 is 2.35 bits per heavy atom. The van der Waals surface area contributed by atoms with Crippen molar-refractivity contribution in [1.82, 2.24) is 9.97 Å². The summed E-state index contributed by atoms with van der Waals surface area (Å²) in [5.74, 6) is 1.24. The van der Waals surface area contributed by atoms with E-state index in [2.05, 4.69) is 9.97 Å². The first kappa shape index (κ1) is 11.1. The Bertz CT molecular complexity index is 530. The molecule has 4 nitrogen and oxygen atoms in total. The van der Waals surface area contributed by atoms with Crippen molar-refractivity contribution in [2.45, 2.75) is 0 Å². The molecular formula is C13H12N2O2. The van der Waals surface area contributed by atoms with Crippen LogP contribution in [0.3, 0.4) is 0 Å². The number of nitrogens with one attached hydrogen (secondary N) is 1. The molecule has 2 aromatic rings. The summed E-state index contributed by atoms with van der Waals surface area (Å²) in [7, 11) is 1.57. The van der Waals surface area contributed by atoms with Crippen LogP contribution >= 0.6 is 0 Å². The molecule has 0 spiro atoms. The molecular weight excluding hydrogens is 216 g/mol. The molecule has 0 aliphatic carbocycles. The average Bonchev–Trinajstić information content (AvgIpc) is 2.89. The highest BCUT2D eigenvalue weighted by atomic mass is 16.5. The highest BCUT2D eigenvalue weighted by molar-refractivity contribution is 6.06. The van der Waals surface area contributed by atoms with E-state index in [0.29, 0.717) is 17.1 Å². The summed E-state index contributed by atoms with van der Waals surface area (Å²) in [6, 6.07) is 7.03. The maximum Gasteiger partial charge on any atom is 0.186 e. The zero-order valence-corrected chi connectivity index (χ0v) is 9.38. The van der Waals surface area contributed by atoms with Gasteiger partial charge in [-0.15, -0.1) is 0 Å². The summed E-state index contributed by atoms with van der Waals surface area (Å²) in [5.41, 5.74) is 0.590. The van der Waals surface area contributed by atoms with E-state index in [1.54, 1.807) is 49.8 Å². The first-order chi connectivity index (χ1) is 8.29. The minimum atomic E-state index is -0.0831. The lowest BCUT2D eigenvalue weighted by Crippen LogP contribution is -1.95. The van der Waals surface area contributed by atoms with E-state index in [-0.39, 0.29) is 5.78 Å². The minimum absolute atomic E-state index is 0.0831. The molecule has 0 bridgehead atoms. The third-order valence-electron chi connectivity index (χ3n) is 2.27. The molecule has 4 heteroatoms. The minimum Gasteiger partial charge on any atom is -0.497 e. The fraction of sp³-hybridized carbons (Fsp3) is 0.0769. The number of nitrogens with zero attached hydrogens (tertiary/aromatic N) is 1. The van der Waals surface area contributed by atoms with Crippen molar-refractivity contribution in [3.05, 3.63) is 54.1 Å². The fourth-order valence-corrected chi connectivity index (χ4v) is 1.40. The van der Waals surface area contributed by atoms with Crippen LogP contribution < -0.4 is 4.74 Å². The maximum absolute atomic E-state index is 11.8. The lowest BCUT2D eigenvalue weighted by Gasteiger charge is -2.00. The lowest BCUT2D eigenvalue weighted by atomic mass is 10.1. The molecule has 0 amide bonds. The number of aromatic nitrogens is 2. The van der Waals surface area contributed by atoms with Gasteiger partial charge < -0.3 is 9.72 Å². The van der Waals surface area contributed by atoms with Gasteiger partial charge in [-0.05, 0) is 24.3 Å². The Morgan fingerprint density at radius 1 is 1.47 bits per heavy atom. The Morgan fingerprint density at radius 3 is 3.06 bits per heavy atom. The van der Waals surface area contributed by atoms with Gasteiger partial charge in [0.1, 0.15) is 11.6 Å². The Labute approximate surface area is 99.0 Å². The first-order valence-electron chi connectivity index (χ1n) is 5.15. The zero-order valence-electron chi connectivity index (χ0n) is 9.38. The van der Waals surface area contributed by atoms with E-state index in [1.807, 2.05) is 0 Å². The Kier molecular flexibility index (Phi) is 3.35. The zero-order chi connectivity index (χ0) is 12.1. The summed E-state index contributed by atoms with van der Waals surface area (Å²) in [6.45, 7) is 0. The van der Waals surface area contributed by atoms with Gasteiger partial charge in [0.05, 0.1) is 7.11 Å². The molecule has 86 valence electrons. The SMILES string of the molecule is COc1cccc(C(=O)C=Cc2ncc[nH]2)c1. The largest absolute Gasteiger partial charge is 0.497 e. The molecule has 1 aromatic heterocycles. The Hall–Kier alpha value is -2.36. The van der Waals surface area contributed by atoms with Crippen LogP contribution in [0.2, 0.25) is 0 Å². The van der Waals surface area contributed by atoms with Crippen LogP contribution in [0.5, 0.6) is 5.75 Å². The van der Waals surface area contributed by atoms with Crippen molar-refractivity contribution < 1.29 is 9.53 Å². The molecule has 1 N–H and O–H groups in total. The van der Waals surface area contributed by atoms with Crippen molar-refractivity contribution in [3.63, 3.8) is 0 Å². The number of benzene rings is 1. The van der Waals surface area contributed by atoms with Gasteiger partial charge in [0.15, 0.2) is 5.78 Å². The summed E-state index contributed by atoms with van der Waals surface area (Å²) in [5, 5.41) is 0. The second-order valence-electron chi connectivity index (χ2n) is 3.40. The van der Waals surface area contributed by atoms with Crippen LogP contribution in [0, 0.1) is 0 Å². The van der Waals surface area contributed by atoms with E-state index < -0.39 is 0 Å². The molecule has 2 rings (SSSR count). The van der Waals surface area contributed by atoms with E-state index in [9.17, 15) is 4.79 Å². The number of hydrogen-bond acceptors (Lipinski definition) is 3. The number of imidazole rings is 1. The number of H-pyrrole nitrogens is 1. The number of ether oxygens (including phenoxy) is 1. The molecule has 0 fully saturated rings. The smallest absolute Gasteiger partial charge is 0.186 e. The second-order valence-corrected chi connectivity index (χ2v) is 3.40. The summed E-state index contributed by atoms with van der Waals surface area (Å²) in [6.07, 6.45) is 6.46. The third-order valence-corrected chi connectivity index (χ3v) is 2.27. The Balaban J connectivity index is 2.14. The van der Waals surface area contributed by atoms with E-state index in [1.165, 1.54) is 6.08 Å². The van der Waals surface area contributed by atoms with Gasteiger partial charge in [-0.1, -0.05) is 12.1 Å². The van der Waals surface area contributed by atoms with Gasteiger partial charge in [0.25, 0.3) is 0 Å². The van der Waals surface area contributed by atoms with Crippen molar-refractivity contribution in [2.24, 2.45) is 0 Å². The van der Waals surface area contributed by atoms with Crippen LogP contribution in [0.25, 0.3) is 6.08 Å². The number of aromatic amines is 1. The number of allylic oxidation sites excluding steroid dienone is 1. The van der Waals surface area contributed by atoms with Gasteiger partial charge in [-0.2, -0.15) is 0 Å². The normalized spacial score (nSPS) is 10.6. The molecule has 0 atom stereocenters. The van der Waals surface area contributed by atoms with Crippen LogP contribution in [-0.2, 0) is 0 Å². The van der Waals surface area contributed by atoms with Crippen LogP contribution in [-0.4, -0.2) is 22.9 Å². The number of carbonyl (C=O) groups is 1. The second kappa shape index (κ2) is 5.12. The van der Waals surface area contributed by atoms with E-state index >= 15 is 0 Å². The number of hydrogen-bond donors (Lipinski definition) is 1. The third kappa shape index (κ3) is 2.81. The molecule has 0 radical (unpaired) electrons. The summed E-state index contributed by atoms with van der Waals surface area (Å²) in [4.78, 5) is 18.7. The lowest BCUT2D eigenvalue weighted by molar-refractivity contribution is 0.104. The first-order valence-corrected chi connectivity index (χ1v) is 5.15. The fourth-order valence-electron chi connectivity index (χ4n) is 1.40. The highest BCUT2D eigenvalue weighted by Crippen LogP contribution is 2.13. The van der Waals surface area contributed by atoms with Gasteiger partial charge in [0, 0.05) is 18.0 Å². The van der Waals surface area contributed by atoms with Gasteiger partial charge in [0.2, 0.25) is 0 Å². The topological polar surface area (TPSA) is 55.0 Å². The predicted molar refractivity (Wildman–Crippen MR) is 64.9 cm³/mol. The molecule has 1 heterocycles. The standard InChI is InChI=1S/C13H12N2O2/c1-17-11-4-2-3-10(9-11)12(16)5-6-13-14-7-8-15-13/h2-9H,1H3,(H,14,15). The van der Waals surface area contributed by atoms with Crippen molar-refractivity contribution in [3.8, 4) is 5.75 Å². The van der Waals surface area contributed by atoms with Crippen LogP contribution in [0.1, 0.15) is 16.2 Å². The average molecular weight is 228 g/mol. The summed E-state index contributed by atoms with van der Waals surface area (Å²) >= 11 is 0. The molecule has 0 saturated carbocycles. The van der Waals surface area contributed by atoms with Gasteiger partial charge in [-0.25, -0.2) is 4.98 Å². The van der Waals surface area contributed by atoms with Gasteiger partial charge >= 0.3 is 0 Å². The van der Waals surface area contributed by atoms with Crippen molar-refractivity contribution >= 4 is 11.9 Å². The maximum atomic E-state index is 11.8. The van der Waals surface area contributed by atoms with Crippen LogP contribution in [0.15, 0.2) is 42.7 Å². The monoisotopic (exact) mass is 228 g/mol. The highest BCUT2D eigenvalue weighted by Gasteiger charge is 2.02. The molecule has 0 saturated heterocycles. The van der Waals surface area contributed by atoms with Crippen LogP contribution in [0.4, 0.5) is 0 Å². The summed E-state index contributed by atoms with van der Waals surface area (Å²) < 4.78 is 5.06. The molecule has 17 heavy (non-hydrogen) atoms. The van der Waals surface area contributed by atoms with E-state index in [0.717, 1.165) is 0 Å². The van der Waals surface area contributed by atoms with E-state index in [4.69, 9.17) is 4.74 Å². The molecule has 1 aromatic carbocycles. The number of rotatable bonds is 4. The molecule has 0 aliphatic heterocycles. The number of methoxy groups -OCH3 is 1. The van der Waals surface area contributed by atoms with Crippen molar-refractivity contribution in [1.29, 1.82) is 0 Å². The van der Waals surface area contributed by atoms with Crippen molar-refractivity contribution in [2.75, 3.05) is 7.11 Å². The molecule has 0 unspecified atom stereocenters. The molecule has 0 aliphatic rings.